The quantitative estimate of drug-likeness (QED) is 0.506. The van der Waals surface area contributed by atoms with Crippen molar-refractivity contribution in [3.05, 3.63) is 24.3 Å². The highest BCUT2D eigenvalue weighted by molar-refractivity contribution is 5.92. The van der Waals surface area contributed by atoms with Gasteiger partial charge in [-0.1, -0.05) is 0 Å². The molecular weight excluding hydrogens is 364 g/mol. The number of carbonyl (C=O) groups is 3. The van der Waals surface area contributed by atoms with E-state index in [1.165, 1.54) is 7.11 Å². The van der Waals surface area contributed by atoms with E-state index in [9.17, 15) is 14.4 Å². The Kier molecular flexibility index (Phi) is 6.83. The average Bonchev–Trinajstić information content (AvgIpc) is 2.71. The first kappa shape index (κ1) is 20.1. The molecule has 0 aliphatic carbocycles. The largest absolute Gasteiger partial charge is 0.469 e. The van der Waals surface area contributed by atoms with Crippen molar-refractivity contribution in [2.75, 3.05) is 63.3 Å². The van der Waals surface area contributed by atoms with Crippen LogP contribution in [0.25, 0.3) is 0 Å². The predicted molar refractivity (Wildman–Crippen MR) is 102 cm³/mol. The number of hydrogen-bond donors (Lipinski definition) is 3. The maximum Gasteiger partial charge on any atom is 0.312 e. The number of hydrogen-bond acceptors (Lipinski definition) is 6. The molecule has 3 N–H and O–H groups in total. The Hall–Kier alpha value is -2.65. The van der Waals surface area contributed by atoms with Crippen LogP contribution in [-0.4, -0.2) is 76.9 Å². The molecule has 2 saturated heterocycles. The standard InChI is InChI=1S/C19H26N4O5/c1-27-18(25)12-16-19(26)20-6-7-23(16)13-17(24)21-14-2-4-15(5-3-14)22-8-10-28-11-9-22/h2-5,16H,6-13H2,1H3,(H,20,26)(H,21,24)/p+1/t16-/m1/s1. The molecule has 152 valence electrons. The maximum absolute atomic E-state index is 12.5. The van der Waals surface area contributed by atoms with Crippen molar-refractivity contribution in [1.29, 1.82) is 0 Å². The Labute approximate surface area is 163 Å². The van der Waals surface area contributed by atoms with Crippen molar-refractivity contribution in [3.8, 4) is 0 Å². The number of ether oxygens (including phenoxy) is 2. The summed E-state index contributed by atoms with van der Waals surface area (Å²) >= 11 is 0. The molecule has 2 aliphatic heterocycles. The van der Waals surface area contributed by atoms with E-state index in [0.29, 0.717) is 18.8 Å². The summed E-state index contributed by atoms with van der Waals surface area (Å²) in [5.74, 6) is -0.883. The van der Waals surface area contributed by atoms with Gasteiger partial charge in [-0.25, -0.2) is 0 Å². The number of amides is 2. The number of benzene rings is 1. The number of rotatable bonds is 6. The molecule has 1 aromatic carbocycles. The lowest BCUT2D eigenvalue weighted by Gasteiger charge is -2.31. The summed E-state index contributed by atoms with van der Waals surface area (Å²) in [6.45, 7) is 4.32. The first-order valence-corrected chi connectivity index (χ1v) is 9.48. The fourth-order valence-electron chi connectivity index (χ4n) is 3.52. The zero-order valence-corrected chi connectivity index (χ0v) is 16.0. The van der Waals surface area contributed by atoms with Crippen LogP contribution in [0.1, 0.15) is 6.42 Å². The van der Waals surface area contributed by atoms with E-state index in [1.54, 1.807) is 0 Å². The van der Waals surface area contributed by atoms with Gasteiger partial charge in [-0.3, -0.25) is 14.4 Å². The van der Waals surface area contributed by atoms with E-state index in [-0.39, 0.29) is 24.8 Å². The summed E-state index contributed by atoms with van der Waals surface area (Å²) in [5, 5.41) is 5.61. The van der Waals surface area contributed by atoms with Crippen LogP contribution < -0.4 is 20.4 Å². The third-order valence-electron chi connectivity index (χ3n) is 5.07. The monoisotopic (exact) mass is 391 g/mol. The van der Waals surface area contributed by atoms with Gasteiger partial charge in [0.25, 0.3) is 11.8 Å². The topological polar surface area (TPSA) is 101 Å². The molecule has 9 heteroatoms. The van der Waals surface area contributed by atoms with Crippen molar-refractivity contribution in [2.24, 2.45) is 0 Å². The lowest BCUT2D eigenvalue weighted by molar-refractivity contribution is -0.909. The molecular formula is C19H27N4O5+. The van der Waals surface area contributed by atoms with Crippen molar-refractivity contribution in [3.63, 3.8) is 0 Å². The smallest absolute Gasteiger partial charge is 0.312 e. The zero-order chi connectivity index (χ0) is 19.9. The van der Waals surface area contributed by atoms with Gasteiger partial charge < -0.3 is 29.9 Å². The highest BCUT2D eigenvalue weighted by atomic mass is 16.5. The third-order valence-corrected chi connectivity index (χ3v) is 5.07. The minimum absolute atomic E-state index is 0.0425. The fraction of sp³-hybridized carbons (Fsp3) is 0.526. The van der Waals surface area contributed by atoms with Crippen LogP contribution in [0.15, 0.2) is 24.3 Å². The Morgan fingerprint density at radius 1 is 1.29 bits per heavy atom. The predicted octanol–water partition coefficient (Wildman–Crippen LogP) is -1.59. The molecule has 0 bridgehead atoms. The van der Waals surface area contributed by atoms with Crippen molar-refractivity contribution in [2.45, 2.75) is 12.5 Å². The summed E-state index contributed by atoms with van der Waals surface area (Å²) < 4.78 is 10.0. The SMILES string of the molecule is COC(=O)C[C@@H]1C(=O)NCC[NH+]1CC(=O)Nc1ccc(N2CCOCC2)cc1. The molecule has 0 saturated carbocycles. The molecule has 0 radical (unpaired) electrons. The zero-order valence-electron chi connectivity index (χ0n) is 16.0. The molecule has 9 nitrogen and oxygen atoms in total. The second-order valence-electron chi connectivity index (χ2n) is 6.90. The van der Waals surface area contributed by atoms with Gasteiger partial charge in [0.1, 0.15) is 6.42 Å². The summed E-state index contributed by atoms with van der Waals surface area (Å²) in [6.07, 6.45) is -0.0425. The minimum Gasteiger partial charge on any atom is -0.469 e. The molecule has 0 aromatic heterocycles. The van der Waals surface area contributed by atoms with Gasteiger partial charge in [0, 0.05) is 24.5 Å². The fourth-order valence-corrected chi connectivity index (χ4v) is 3.52. The van der Waals surface area contributed by atoms with E-state index in [4.69, 9.17) is 4.74 Å². The van der Waals surface area contributed by atoms with Crippen LogP contribution in [0.2, 0.25) is 0 Å². The van der Waals surface area contributed by atoms with Crippen LogP contribution >= 0.6 is 0 Å². The number of methoxy groups -OCH3 is 1. The number of anilines is 2. The number of esters is 1. The van der Waals surface area contributed by atoms with Crippen molar-refractivity contribution < 1.29 is 28.8 Å². The van der Waals surface area contributed by atoms with E-state index >= 15 is 0 Å². The normalized spacial score (nSPS) is 22.3. The Morgan fingerprint density at radius 2 is 2.00 bits per heavy atom. The number of carbonyl (C=O) groups excluding carboxylic acids is 3. The Balaban J connectivity index is 1.56. The van der Waals surface area contributed by atoms with E-state index in [1.807, 2.05) is 24.3 Å². The molecule has 2 atom stereocenters. The summed E-state index contributed by atoms with van der Waals surface area (Å²) in [6, 6.07) is 7.07. The maximum atomic E-state index is 12.5. The van der Waals surface area contributed by atoms with Gasteiger partial charge in [0.05, 0.1) is 33.4 Å². The van der Waals surface area contributed by atoms with Crippen molar-refractivity contribution in [1.82, 2.24) is 5.32 Å². The van der Waals surface area contributed by atoms with Crippen LogP contribution in [0.5, 0.6) is 0 Å². The van der Waals surface area contributed by atoms with Crippen LogP contribution in [0.4, 0.5) is 11.4 Å². The lowest BCUT2D eigenvalue weighted by atomic mass is 10.1. The van der Waals surface area contributed by atoms with Gasteiger partial charge in [-0.15, -0.1) is 0 Å². The molecule has 1 unspecified atom stereocenters. The molecule has 0 spiro atoms. The summed E-state index contributed by atoms with van der Waals surface area (Å²) in [4.78, 5) is 39.1. The van der Waals surface area contributed by atoms with E-state index < -0.39 is 12.0 Å². The van der Waals surface area contributed by atoms with Gasteiger partial charge in [-0.2, -0.15) is 0 Å². The van der Waals surface area contributed by atoms with Gasteiger partial charge in [0.2, 0.25) is 0 Å². The van der Waals surface area contributed by atoms with Crippen LogP contribution in [0, 0.1) is 0 Å². The van der Waals surface area contributed by atoms with E-state index in [2.05, 4.69) is 20.3 Å². The van der Waals surface area contributed by atoms with Gasteiger partial charge in [-0.05, 0) is 24.3 Å². The first-order valence-electron chi connectivity index (χ1n) is 9.48. The Bertz CT molecular complexity index is 703. The van der Waals surface area contributed by atoms with E-state index in [0.717, 1.165) is 36.9 Å². The highest BCUT2D eigenvalue weighted by Gasteiger charge is 2.36. The average molecular weight is 391 g/mol. The molecule has 2 amide bonds. The van der Waals surface area contributed by atoms with Gasteiger partial charge in [0.15, 0.2) is 12.6 Å². The van der Waals surface area contributed by atoms with Crippen LogP contribution in [0.3, 0.4) is 0 Å². The minimum atomic E-state index is -0.615. The second-order valence-corrected chi connectivity index (χ2v) is 6.90. The Morgan fingerprint density at radius 3 is 2.68 bits per heavy atom. The molecule has 2 fully saturated rings. The third kappa shape index (κ3) is 5.20. The molecule has 28 heavy (non-hydrogen) atoms. The number of nitrogens with zero attached hydrogens (tertiary/aromatic N) is 1. The molecule has 3 rings (SSSR count). The number of piperazine rings is 1. The number of morpholine rings is 1. The van der Waals surface area contributed by atoms with Crippen molar-refractivity contribution >= 4 is 29.2 Å². The highest BCUT2D eigenvalue weighted by Crippen LogP contribution is 2.18. The first-order chi connectivity index (χ1) is 13.6. The number of quaternary nitrogens is 1. The molecule has 2 aliphatic rings. The van der Waals surface area contributed by atoms with Crippen LogP contribution in [-0.2, 0) is 23.9 Å². The summed E-state index contributed by atoms with van der Waals surface area (Å²) in [5.41, 5.74) is 1.80. The number of nitrogens with one attached hydrogen (secondary N) is 3. The second kappa shape index (κ2) is 9.52. The van der Waals surface area contributed by atoms with Gasteiger partial charge >= 0.3 is 5.97 Å². The lowest BCUT2D eigenvalue weighted by Crippen LogP contribution is -3.20. The molecule has 1 aromatic rings. The molecule has 2 heterocycles. The summed E-state index contributed by atoms with van der Waals surface area (Å²) in [7, 11) is 1.29.